The van der Waals surface area contributed by atoms with Crippen LogP contribution in [0.3, 0.4) is 0 Å². The van der Waals surface area contributed by atoms with Crippen molar-refractivity contribution in [2.24, 2.45) is 0 Å². The van der Waals surface area contributed by atoms with E-state index in [4.69, 9.17) is 9.47 Å². The van der Waals surface area contributed by atoms with Gasteiger partial charge >= 0.3 is 12.1 Å². The lowest BCUT2D eigenvalue weighted by Gasteiger charge is -2.44. The Balaban J connectivity index is 1.35. The van der Waals surface area contributed by atoms with Crippen LogP contribution in [0.25, 0.3) is 0 Å². The van der Waals surface area contributed by atoms with Crippen LogP contribution in [0, 0.1) is 0 Å². The molecule has 0 radical (unpaired) electrons. The first-order valence-electron chi connectivity index (χ1n) is 11.8. The van der Waals surface area contributed by atoms with Crippen LogP contribution in [0.5, 0.6) is 0 Å². The Bertz CT molecular complexity index is 1020. The first kappa shape index (κ1) is 23.3. The molecule has 0 atom stereocenters. The number of alkyl halides is 3. The van der Waals surface area contributed by atoms with E-state index in [2.05, 4.69) is 9.88 Å². The number of likely N-dealkylation sites (tertiary alicyclic amines) is 1. The number of rotatable bonds is 2. The summed E-state index contributed by atoms with van der Waals surface area (Å²) in [6, 6.07) is 1.46. The molecule has 0 aliphatic carbocycles. The number of carbonyl (C=O) groups is 2. The molecule has 2 fully saturated rings. The zero-order valence-corrected chi connectivity index (χ0v) is 19.1. The second-order valence-electron chi connectivity index (χ2n) is 9.58. The third kappa shape index (κ3) is 4.11. The van der Waals surface area contributed by atoms with Gasteiger partial charge in [0, 0.05) is 70.0 Å². The number of hydrogen-bond acceptors (Lipinski definition) is 6. The summed E-state index contributed by atoms with van der Waals surface area (Å²) in [5, 5.41) is 0. The smallest absolute Gasteiger partial charge is 0.433 e. The zero-order chi connectivity index (χ0) is 24.1. The number of fused-ring (bicyclic) bond motifs is 1. The summed E-state index contributed by atoms with van der Waals surface area (Å²) in [4.78, 5) is 33.7. The summed E-state index contributed by atoms with van der Waals surface area (Å²) in [7, 11) is 0. The van der Waals surface area contributed by atoms with Crippen LogP contribution in [-0.2, 0) is 38.2 Å². The van der Waals surface area contributed by atoms with Crippen molar-refractivity contribution in [3.05, 3.63) is 40.2 Å². The number of hydrogen-bond donors (Lipinski definition) is 0. The standard InChI is InChI=1S/C24H28F3N3O4/c1-15-20(21(31)30-7-2-16-13-28-19(24(25,26)27)12-17(16)14-30)23(34-22(15)32)5-8-29(9-6-23)18-3-10-33-11-4-18/h12-13,18H,2-11,14H2,1H3. The fourth-order valence-electron chi connectivity index (χ4n) is 5.68. The Morgan fingerprint density at radius 1 is 1.15 bits per heavy atom. The first-order valence-corrected chi connectivity index (χ1v) is 11.8. The van der Waals surface area contributed by atoms with E-state index in [1.54, 1.807) is 6.92 Å². The normalized spacial score (nSPS) is 23.9. The number of ether oxygens (including phenoxy) is 2. The molecule has 1 amide bonds. The maximum Gasteiger partial charge on any atom is 0.433 e. The lowest BCUT2D eigenvalue weighted by atomic mass is 9.81. The molecule has 0 aromatic carbocycles. The minimum atomic E-state index is -4.55. The van der Waals surface area contributed by atoms with Gasteiger partial charge in [0.25, 0.3) is 5.91 Å². The van der Waals surface area contributed by atoms with Crippen molar-refractivity contribution in [3.8, 4) is 0 Å². The maximum absolute atomic E-state index is 13.7. The van der Waals surface area contributed by atoms with Gasteiger partial charge < -0.3 is 14.4 Å². The number of esters is 1. The molecule has 5 heterocycles. The highest BCUT2D eigenvalue weighted by molar-refractivity contribution is 6.07. The highest BCUT2D eigenvalue weighted by atomic mass is 19.4. The lowest BCUT2D eigenvalue weighted by Crippen LogP contribution is -2.52. The molecule has 2 saturated heterocycles. The fourth-order valence-corrected chi connectivity index (χ4v) is 5.68. The molecular weight excluding hydrogens is 451 g/mol. The summed E-state index contributed by atoms with van der Waals surface area (Å²) >= 11 is 0. The van der Waals surface area contributed by atoms with Crippen molar-refractivity contribution in [3.63, 3.8) is 0 Å². The molecule has 4 aliphatic rings. The van der Waals surface area contributed by atoms with E-state index in [1.165, 1.54) is 11.1 Å². The maximum atomic E-state index is 13.7. The predicted molar refractivity (Wildman–Crippen MR) is 115 cm³/mol. The molecule has 7 nitrogen and oxygen atoms in total. The Hall–Kier alpha value is -2.46. The van der Waals surface area contributed by atoms with Crippen molar-refractivity contribution >= 4 is 11.9 Å². The quantitative estimate of drug-likeness (QED) is 0.608. The molecule has 1 aromatic heterocycles. The van der Waals surface area contributed by atoms with Gasteiger partial charge in [-0.05, 0) is 43.4 Å². The van der Waals surface area contributed by atoms with Gasteiger partial charge in [-0.1, -0.05) is 0 Å². The average Bonchev–Trinajstić information content (AvgIpc) is 3.07. The molecule has 0 unspecified atom stereocenters. The topological polar surface area (TPSA) is 72.0 Å². The Kier molecular flexibility index (Phi) is 5.92. The van der Waals surface area contributed by atoms with Gasteiger partial charge in [-0.2, -0.15) is 13.2 Å². The zero-order valence-electron chi connectivity index (χ0n) is 19.1. The molecule has 5 rings (SSSR count). The second kappa shape index (κ2) is 8.64. The Morgan fingerprint density at radius 3 is 2.53 bits per heavy atom. The summed E-state index contributed by atoms with van der Waals surface area (Å²) in [6.45, 7) is 4.93. The number of amides is 1. The largest absolute Gasteiger partial charge is 0.450 e. The van der Waals surface area contributed by atoms with Gasteiger partial charge in [-0.3, -0.25) is 14.7 Å². The van der Waals surface area contributed by atoms with Crippen LogP contribution >= 0.6 is 0 Å². The van der Waals surface area contributed by atoms with Crippen LogP contribution in [0.15, 0.2) is 23.4 Å². The second-order valence-corrected chi connectivity index (χ2v) is 9.58. The van der Waals surface area contributed by atoms with Crippen LogP contribution in [0.1, 0.15) is 49.4 Å². The number of pyridine rings is 1. The summed E-state index contributed by atoms with van der Waals surface area (Å²) < 4.78 is 50.7. The van der Waals surface area contributed by atoms with E-state index in [9.17, 15) is 22.8 Å². The van der Waals surface area contributed by atoms with Gasteiger partial charge in [0.1, 0.15) is 11.3 Å². The number of carbonyl (C=O) groups excluding carboxylic acids is 2. The van der Waals surface area contributed by atoms with Crippen LogP contribution in [0.2, 0.25) is 0 Å². The van der Waals surface area contributed by atoms with E-state index in [1.807, 2.05) is 0 Å². The predicted octanol–water partition coefficient (Wildman–Crippen LogP) is 2.87. The molecule has 1 aromatic rings. The third-order valence-electron chi connectivity index (χ3n) is 7.62. The van der Waals surface area contributed by atoms with E-state index >= 15 is 0 Å². The van der Waals surface area contributed by atoms with Crippen molar-refractivity contribution in [2.45, 2.75) is 63.4 Å². The van der Waals surface area contributed by atoms with Gasteiger partial charge in [0.2, 0.25) is 0 Å². The van der Waals surface area contributed by atoms with Crippen LogP contribution in [0.4, 0.5) is 13.2 Å². The fraction of sp³-hybridized carbons (Fsp3) is 0.625. The minimum absolute atomic E-state index is 0.0506. The van der Waals surface area contributed by atoms with Gasteiger partial charge in [-0.15, -0.1) is 0 Å². The molecular formula is C24H28F3N3O4. The number of nitrogens with zero attached hydrogens (tertiary/aromatic N) is 3. The molecule has 184 valence electrons. The molecule has 0 saturated carbocycles. The first-order chi connectivity index (χ1) is 16.2. The highest BCUT2D eigenvalue weighted by Gasteiger charge is 2.52. The summed E-state index contributed by atoms with van der Waals surface area (Å²) in [5.74, 6) is -0.803. The van der Waals surface area contributed by atoms with Crippen LogP contribution in [-0.4, -0.2) is 71.2 Å². The van der Waals surface area contributed by atoms with Crippen molar-refractivity contribution < 1.29 is 32.2 Å². The van der Waals surface area contributed by atoms with Crippen molar-refractivity contribution in [1.82, 2.24) is 14.8 Å². The lowest BCUT2D eigenvalue weighted by molar-refractivity contribution is -0.152. The van der Waals surface area contributed by atoms with E-state index < -0.39 is 23.4 Å². The summed E-state index contributed by atoms with van der Waals surface area (Å²) in [6.07, 6.45) is 0.111. The van der Waals surface area contributed by atoms with Gasteiger partial charge in [0.15, 0.2) is 0 Å². The molecule has 1 spiro atoms. The van der Waals surface area contributed by atoms with Gasteiger partial charge in [0.05, 0.1) is 5.57 Å². The molecule has 10 heteroatoms. The molecule has 0 bridgehead atoms. The minimum Gasteiger partial charge on any atom is -0.450 e. The number of aromatic nitrogens is 1. The van der Waals surface area contributed by atoms with Gasteiger partial charge in [-0.25, -0.2) is 4.79 Å². The Labute approximate surface area is 195 Å². The molecule has 0 N–H and O–H groups in total. The van der Waals surface area contributed by atoms with E-state index in [-0.39, 0.29) is 12.5 Å². The van der Waals surface area contributed by atoms with Crippen molar-refractivity contribution in [2.75, 3.05) is 32.8 Å². The molecule has 4 aliphatic heterocycles. The SMILES string of the molecule is CC1=C(C(=O)N2CCc3cnc(C(F)(F)F)cc3C2)C2(CCN(C3CCOCC3)CC2)OC1=O. The third-order valence-corrected chi connectivity index (χ3v) is 7.62. The Morgan fingerprint density at radius 2 is 1.85 bits per heavy atom. The number of piperidine rings is 1. The monoisotopic (exact) mass is 479 g/mol. The van der Waals surface area contributed by atoms with E-state index in [0.717, 1.165) is 32.1 Å². The summed E-state index contributed by atoms with van der Waals surface area (Å²) in [5.41, 5.74) is -0.101. The highest BCUT2D eigenvalue weighted by Crippen LogP contribution is 2.43. The number of halogens is 3. The van der Waals surface area contributed by atoms with E-state index in [0.29, 0.717) is 67.2 Å². The van der Waals surface area contributed by atoms with Crippen LogP contribution < -0.4 is 0 Å². The van der Waals surface area contributed by atoms with Crippen molar-refractivity contribution in [1.29, 1.82) is 0 Å². The molecule has 34 heavy (non-hydrogen) atoms. The average molecular weight is 479 g/mol.